The summed E-state index contributed by atoms with van der Waals surface area (Å²) in [7, 11) is 0. The zero-order valence-electron chi connectivity index (χ0n) is 9.83. The Morgan fingerprint density at radius 1 is 1.39 bits per heavy atom. The highest BCUT2D eigenvalue weighted by Gasteiger charge is 2.27. The van der Waals surface area contributed by atoms with Crippen LogP contribution < -0.4 is 10.6 Å². The summed E-state index contributed by atoms with van der Waals surface area (Å²) >= 11 is 0. The number of rotatable bonds is 3. The van der Waals surface area contributed by atoms with Gasteiger partial charge in [0, 0.05) is 18.4 Å². The maximum absolute atomic E-state index is 11.4. The topological polar surface area (TPSA) is 96.2 Å². The van der Waals surface area contributed by atoms with Crippen molar-refractivity contribution in [2.75, 3.05) is 11.4 Å². The lowest BCUT2D eigenvalue weighted by Crippen LogP contribution is -2.47. The van der Waals surface area contributed by atoms with Gasteiger partial charge in [0.15, 0.2) is 5.69 Å². The first-order valence-electron chi connectivity index (χ1n) is 5.83. The lowest BCUT2D eigenvalue weighted by atomic mass is 10.0. The van der Waals surface area contributed by atoms with Gasteiger partial charge < -0.3 is 10.6 Å². The molecule has 2 rings (SSSR count). The van der Waals surface area contributed by atoms with Gasteiger partial charge in [-0.3, -0.25) is 4.79 Å². The summed E-state index contributed by atoms with van der Waals surface area (Å²) in [4.78, 5) is 27.7. The van der Waals surface area contributed by atoms with Gasteiger partial charge in [-0.05, 0) is 31.4 Å². The molecule has 2 heterocycles. The van der Waals surface area contributed by atoms with E-state index in [2.05, 4.69) is 4.98 Å². The minimum absolute atomic E-state index is 0.138. The highest BCUT2D eigenvalue weighted by atomic mass is 16.4. The van der Waals surface area contributed by atoms with Crippen LogP contribution in [-0.4, -0.2) is 29.4 Å². The number of nitrogens with zero attached hydrogens (tertiary/aromatic N) is 2. The molecule has 0 spiro atoms. The van der Waals surface area contributed by atoms with E-state index in [0.717, 1.165) is 12.8 Å². The number of pyridine rings is 1. The molecule has 0 aliphatic carbocycles. The fraction of sp³-hybridized carbons (Fsp3) is 0.417. The number of primary amides is 1. The molecule has 95 valence electrons. The Morgan fingerprint density at radius 2 is 2.17 bits per heavy atom. The Bertz CT molecular complexity index is 475. The van der Waals surface area contributed by atoms with Gasteiger partial charge in [-0.15, -0.1) is 0 Å². The molecule has 1 saturated heterocycles. The monoisotopic (exact) mass is 248 g/mol. The standard InChI is InChI=1S/C12H14N3O3/c13-11(16)10-3-1-2-6-15(10)8-4-5-14-9(7-8)12(17)18/h4-5,7,10H,1-3,6H2,(H2,13,16). The lowest BCUT2D eigenvalue weighted by Gasteiger charge is -2.35. The summed E-state index contributed by atoms with van der Waals surface area (Å²) in [6, 6.07) is 2.71. The minimum atomic E-state index is -1.33. The van der Waals surface area contributed by atoms with Crippen LogP contribution in [0.2, 0.25) is 0 Å². The molecule has 1 unspecified atom stereocenters. The molecule has 1 amide bonds. The normalized spacial score (nSPS) is 19.6. The number of piperidine rings is 1. The predicted molar refractivity (Wildman–Crippen MR) is 63.4 cm³/mol. The zero-order chi connectivity index (χ0) is 13.1. The molecule has 0 bridgehead atoms. The number of nitrogens with two attached hydrogens (primary N) is 1. The molecule has 6 nitrogen and oxygen atoms in total. The molecule has 2 N–H and O–H groups in total. The van der Waals surface area contributed by atoms with E-state index >= 15 is 0 Å². The number of carbonyl (C=O) groups excluding carboxylic acids is 2. The van der Waals surface area contributed by atoms with Gasteiger partial charge in [0.2, 0.25) is 5.91 Å². The second kappa shape index (κ2) is 5.03. The maximum atomic E-state index is 11.4. The molecule has 1 atom stereocenters. The van der Waals surface area contributed by atoms with E-state index < -0.39 is 5.97 Å². The average molecular weight is 248 g/mol. The highest BCUT2D eigenvalue weighted by Crippen LogP contribution is 2.24. The van der Waals surface area contributed by atoms with E-state index in [0.29, 0.717) is 18.7 Å². The molecule has 0 aromatic carbocycles. The number of amides is 1. The number of aromatic nitrogens is 1. The van der Waals surface area contributed by atoms with E-state index in [1.165, 1.54) is 12.3 Å². The fourth-order valence-corrected chi connectivity index (χ4v) is 2.25. The van der Waals surface area contributed by atoms with Crippen molar-refractivity contribution in [2.45, 2.75) is 25.3 Å². The third kappa shape index (κ3) is 2.42. The number of anilines is 1. The number of carbonyl (C=O) groups is 2. The smallest absolute Gasteiger partial charge is 0.368 e. The van der Waals surface area contributed by atoms with Gasteiger partial charge in [-0.1, -0.05) is 0 Å². The molecule has 1 aromatic heterocycles. The molecule has 1 aliphatic rings. The highest BCUT2D eigenvalue weighted by molar-refractivity contribution is 5.87. The molecular formula is C12H14N3O3. The van der Waals surface area contributed by atoms with Crippen molar-refractivity contribution in [3.05, 3.63) is 24.0 Å². The Hall–Kier alpha value is -2.11. The van der Waals surface area contributed by atoms with Crippen LogP contribution >= 0.6 is 0 Å². The van der Waals surface area contributed by atoms with Crippen molar-refractivity contribution in [3.8, 4) is 0 Å². The first-order chi connectivity index (χ1) is 8.59. The van der Waals surface area contributed by atoms with Gasteiger partial charge in [-0.2, -0.15) is 0 Å². The van der Waals surface area contributed by atoms with E-state index in [9.17, 15) is 14.7 Å². The van der Waals surface area contributed by atoms with E-state index in [-0.39, 0.29) is 17.6 Å². The van der Waals surface area contributed by atoms with Gasteiger partial charge >= 0.3 is 5.97 Å². The van der Waals surface area contributed by atoms with Gasteiger partial charge in [0.25, 0.3) is 0 Å². The summed E-state index contributed by atoms with van der Waals surface area (Å²) in [6.07, 6.45) is 3.99. The second-order valence-corrected chi connectivity index (χ2v) is 4.29. The van der Waals surface area contributed by atoms with Crippen molar-refractivity contribution >= 4 is 17.6 Å². The van der Waals surface area contributed by atoms with Crippen molar-refractivity contribution < 1.29 is 14.7 Å². The van der Waals surface area contributed by atoms with E-state index in [1.807, 2.05) is 4.90 Å². The first-order valence-corrected chi connectivity index (χ1v) is 5.83. The Kier molecular flexibility index (Phi) is 3.45. The van der Waals surface area contributed by atoms with E-state index in [1.54, 1.807) is 6.07 Å². The quantitative estimate of drug-likeness (QED) is 0.842. The molecule has 18 heavy (non-hydrogen) atoms. The SMILES string of the molecule is NC(=O)C1CCCCN1c1ccnc(C([O])=O)c1. The molecule has 0 saturated carbocycles. The average Bonchev–Trinajstić information content (AvgIpc) is 2.39. The maximum Gasteiger partial charge on any atom is 0.404 e. The third-order valence-corrected chi connectivity index (χ3v) is 3.12. The van der Waals surface area contributed by atoms with Gasteiger partial charge in [0.05, 0.1) is 0 Å². The summed E-state index contributed by atoms with van der Waals surface area (Å²) in [5.41, 5.74) is 5.88. The van der Waals surface area contributed by atoms with Crippen molar-refractivity contribution in [3.63, 3.8) is 0 Å². The van der Waals surface area contributed by atoms with Crippen LogP contribution in [0.1, 0.15) is 29.8 Å². The van der Waals surface area contributed by atoms with Crippen LogP contribution in [0.15, 0.2) is 18.3 Å². The van der Waals surface area contributed by atoms with Crippen LogP contribution in [0, 0.1) is 0 Å². The Labute approximate surface area is 104 Å². The van der Waals surface area contributed by atoms with E-state index in [4.69, 9.17) is 5.73 Å². The van der Waals surface area contributed by atoms with Crippen LogP contribution in [0.25, 0.3) is 0 Å². The number of hydrogen-bond donors (Lipinski definition) is 1. The predicted octanol–water partition coefficient (Wildman–Crippen LogP) is 0.496. The molecule has 1 aromatic rings. The lowest BCUT2D eigenvalue weighted by molar-refractivity contribution is -0.119. The van der Waals surface area contributed by atoms with Crippen LogP contribution in [0.4, 0.5) is 5.69 Å². The molecule has 6 heteroatoms. The fourth-order valence-electron chi connectivity index (χ4n) is 2.25. The summed E-state index contributed by atoms with van der Waals surface area (Å²) in [5.74, 6) is -1.72. The van der Waals surface area contributed by atoms with Crippen molar-refractivity contribution in [1.82, 2.24) is 4.98 Å². The van der Waals surface area contributed by atoms with Crippen LogP contribution in [0.5, 0.6) is 0 Å². The Balaban J connectivity index is 2.30. The van der Waals surface area contributed by atoms with Crippen molar-refractivity contribution in [1.29, 1.82) is 0 Å². The van der Waals surface area contributed by atoms with Crippen LogP contribution in [0.3, 0.4) is 0 Å². The molecule has 1 fully saturated rings. The largest absolute Gasteiger partial charge is 0.404 e. The third-order valence-electron chi connectivity index (χ3n) is 3.12. The second-order valence-electron chi connectivity index (χ2n) is 4.29. The van der Waals surface area contributed by atoms with Crippen molar-refractivity contribution in [2.24, 2.45) is 5.73 Å². The number of hydrogen-bond acceptors (Lipinski definition) is 4. The van der Waals surface area contributed by atoms with Gasteiger partial charge in [-0.25, -0.2) is 14.9 Å². The molecule has 1 radical (unpaired) electrons. The Morgan fingerprint density at radius 3 is 2.83 bits per heavy atom. The summed E-state index contributed by atoms with van der Waals surface area (Å²) in [5, 5.41) is 10.8. The van der Waals surface area contributed by atoms with Gasteiger partial charge in [0.1, 0.15) is 6.04 Å². The molecular weight excluding hydrogens is 234 g/mol. The summed E-state index contributed by atoms with van der Waals surface area (Å²) in [6.45, 7) is 0.685. The minimum Gasteiger partial charge on any atom is -0.368 e. The molecule has 1 aliphatic heterocycles. The summed E-state index contributed by atoms with van der Waals surface area (Å²) < 4.78 is 0. The van der Waals surface area contributed by atoms with Crippen LogP contribution in [-0.2, 0) is 9.90 Å². The zero-order valence-corrected chi connectivity index (χ0v) is 9.83. The first kappa shape index (κ1) is 12.3.